The smallest absolute Gasteiger partial charge is 0.248 e. The van der Waals surface area contributed by atoms with Crippen LogP contribution in [0.3, 0.4) is 0 Å². The number of carbonyl (C=O) groups excluding carboxylic acids is 1. The summed E-state index contributed by atoms with van der Waals surface area (Å²) in [6.45, 7) is 5.75. The molecule has 1 aromatic heterocycles. The number of carbonyl (C=O) groups is 1. The number of amides is 1. The van der Waals surface area contributed by atoms with Crippen LogP contribution in [0.25, 0.3) is 0 Å². The average molecular weight is 292 g/mol. The van der Waals surface area contributed by atoms with Crippen molar-refractivity contribution >= 4 is 11.9 Å². The van der Waals surface area contributed by atoms with Crippen molar-refractivity contribution in [2.45, 2.75) is 12.5 Å². The second kappa shape index (κ2) is 5.95. The first-order valence-corrected chi connectivity index (χ1v) is 7.24. The third kappa shape index (κ3) is 2.98. The zero-order valence-electron chi connectivity index (χ0n) is 12.2. The predicted octanol–water partition coefficient (Wildman–Crippen LogP) is -0.0693. The van der Waals surface area contributed by atoms with E-state index in [1.54, 1.807) is 18.5 Å². The molecule has 0 aliphatic carbocycles. The van der Waals surface area contributed by atoms with Crippen LogP contribution < -0.4 is 4.90 Å². The molecule has 2 aliphatic heterocycles. The summed E-state index contributed by atoms with van der Waals surface area (Å²) >= 11 is 0. The van der Waals surface area contributed by atoms with Crippen LogP contribution in [-0.2, 0) is 14.3 Å². The summed E-state index contributed by atoms with van der Waals surface area (Å²) in [6, 6.07) is 1.79. The van der Waals surface area contributed by atoms with Crippen LogP contribution in [0.4, 0.5) is 5.95 Å². The summed E-state index contributed by atoms with van der Waals surface area (Å²) in [5, 5.41) is 0. The molecule has 3 heterocycles. The van der Waals surface area contributed by atoms with Crippen LogP contribution in [0.5, 0.6) is 0 Å². The molecule has 21 heavy (non-hydrogen) atoms. The van der Waals surface area contributed by atoms with E-state index in [0.717, 1.165) is 6.54 Å². The molecule has 7 heteroatoms. The minimum absolute atomic E-state index is 0.0369. The summed E-state index contributed by atoms with van der Waals surface area (Å²) in [4.78, 5) is 24.3. The first-order chi connectivity index (χ1) is 10.2. The maximum absolute atomic E-state index is 11.8. The van der Waals surface area contributed by atoms with Gasteiger partial charge in [0.2, 0.25) is 11.9 Å². The molecule has 3 rings (SSSR count). The number of ether oxygens (including phenoxy) is 2. The lowest BCUT2D eigenvalue weighted by Gasteiger charge is -2.42. The molecule has 1 atom stereocenters. The van der Waals surface area contributed by atoms with Gasteiger partial charge in [0, 0.05) is 25.5 Å². The Morgan fingerprint density at radius 1 is 1.33 bits per heavy atom. The average Bonchev–Trinajstić information content (AvgIpc) is 2.74. The SMILES string of the molecule is CCN1C[C@]2(COCCN(c3ncccn3)C2)OCC1=O. The Kier molecular flexibility index (Phi) is 4.03. The minimum Gasteiger partial charge on any atom is -0.376 e. The molecule has 2 saturated heterocycles. The molecule has 2 aliphatic rings. The maximum Gasteiger partial charge on any atom is 0.248 e. The van der Waals surface area contributed by atoms with Gasteiger partial charge in [-0.3, -0.25) is 4.79 Å². The van der Waals surface area contributed by atoms with E-state index >= 15 is 0 Å². The van der Waals surface area contributed by atoms with Crippen molar-refractivity contribution in [1.29, 1.82) is 0 Å². The van der Waals surface area contributed by atoms with E-state index < -0.39 is 5.60 Å². The van der Waals surface area contributed by atoms with Gasteiger partial charge in [0.1, 0.15) is 12.2 Å². The molecule has 1 aromatic rings. The van der Waals surface area contributed by atoms with E-state index in [0.29, 0.717) is 38.8 Å². The van der Waals surface area contributed by atoms with Crippen molar-refractivity contribution in [2.75, 3.05) is 50.9 Å². The second-order valence-electron chi connectivity index (χ2n) is 5.40. The van der Waals surface area contributed by atoms with E-state index in [9.17, 15) is 4.79 Å². The molecule has 0 bridgehead atoms. The Morgan fingerprint density at radius 2 is 2.14 bits per heavy atom. The molecule has 0 unspecified atom stereocenters. The third-order valence-electron chi connectivity index (χ3n) is 3.90. The zero-order valence-corrected chi connectivity index (χ0v) is 12.2. The fourth-order valence-corrected chi connectivity index (χ4v) is 2.79. The van der Waals surface area contributed by atoms with Crippen molar-refractivity contribution in [2.24, 2.45) is 0 Å². The molecule has 0 saturated carbocycles. The molecular weight excluding hydrogens is 272 g/mol. The number of hydrogen-bond donors (Lipinski definition) is 0. The van der Waals surface area contributed by atoms with E-state index in [4.69, 9.17) is 9.47 Å². The Morgan fingerprint density at radius 3 is 2.90 bits per heavy atom. The highest BCUT2D eigenvalue weighted by molar-refractivity contribution is 5.78. The van der Waals surface area contributed by atoms with E-state index in [1.165, 1.54) is 0 Å². The van der Waals surface area contributed by atoms with E-state index in [1.807, 2.05) is 11.8 Å². The van der Waals surface area contributed by atoms with Gasteiger partial charge in [-0.2, -0.15) is 0 Å². The Bertz CT molecular complexity index is 498. The summed E-state index contributed by atoms with van der Waals surface area (Å²) in [7, 11) is 0. The summed E-state index contributed by atoms with van der Waals surface area (Å²) in [6.07, 6.45) is 3.45. The van der Waals surface area contributed by atoms with Crippen molar-refractivity contribution in [1.82, 2.24) is 14.9 Å². The molecule has 0 aromatic carbocycles. The number of rotatable bonds is 2. The monoisotopic (exact) mass is 292 g/mol. The standard InChI is InChI=1S/C14H20N4O3/c1-2-17-9-14(21-8-12(17)19)10-18(6-7-20-11-14)13-15-4-3-5-16-13/h3-5H,2,6-11H2,1H3/t14-/m0/s1. The van der Waals surface area contributed by atoms with Crippen LogP contribution in [0.2, 0.25) is 0 Å². The highest BCUT2D eigenvalue weighted by Gasteiger charge is 2.42. The van der Waals surface area contributed by atoms with Crippen molar-refractivity contribution in [3.8, 4) is 0 Å². The quantitative estimate of drug-likeness (QED) is 0.760. The second-order valence-corrected chi connectivity index (χ2v) is 5.40. The Hall–Kier alpha value is -1.73. The number of morpholine rings is 1. The summed E-state index contributed by atoms with van der Waals surface area (Å²) in [5.74, 6) is 0.709. The van der Waals surface area contributed by atoms with Crippen LogP contribution in [0.1, 0.15) is 6.92 Å². The van der Waals surface area contributed by atoms with Gasteiger partial charge in [0.05, 0.1) is 26.3 Å². The Labute approximate surface area is 123 Å². The predicted molar refractivity (Wildman–Crippen MR) is 76.0 cm³/mol. The van der Waals surface area contributed by atoms with Gasteiger partial charge in [-0.1, -0.05) is 0 Å². The third-order valence-corrected chi connectivity index (χ3v) is 3.90. The first kappa shape index (κ1) is 14.2. The zero-order chi connectivity index (χ0) is 14.7. The highest BCUT2D eigenvalue weighted by Crippen LogP contribution is 2.24. The van der Waals surface area contributed by atoms with Crippen molar-refractivity contribution in [3.05, 3.63) is 18.5 Å². The lowest BCUT2D eigenvalue weighted by atomic mass is 10.0. The van der Waals surface area contributed by atoms with Gasteiger partial charge >= 0.3 is 0 Å². The van der Waals surface area contributed by atoms with Gasteiger partial charge in [-0.25, -0.2) is 9.97 Å². The minimum atomic E-state index is -0.500. The fourth-order valence-electron chi connectivity index (χ4n) is 2.79. The highest BCUT2D eigenvalue weighted by atomic mass is 16.6. The lowest BCUT2D eigenvalue weighted by Crippen LogP contribution is -2.60. The number of aromatic nitrogens is 2. The number of likely N-dealkylation sites (N-methyl/N-ethyl adjacent to an activating group) is 1. The summed E-state index contributed by atoms with van der Waals surface area (Å²) < 4.78 is 11.6. The van der Waals surface area contributed by atoms with Crippen LogP contribution in [0.15, 0.2) is 18.5 Å². The van der Waals surface area contributed by atoms with Gasteiger partial charge in [-0.05, 0) is 13.0 Å². The molecule has 1 amide bonds. The molecule has 7 nitrogen and oxygen atoms in total. The molecule has 114 valence electrons. The first-order valence-electron chi connectivity index (χ1n) is 7.24. The Balaban J connectivity index is 1.80. The normalized spacial score (nSPS) is 27.0. The summed E-state index contributed by atoms with van der Waals surface area (Å²) in [5.41, 5.74) is -0.500. The molecule has 2 fully saturated rings. The van der Waals surface area contributed by atoms with Crippen molar-refractivity contribution < 1.29 is 14.3 Å². The fraction of sp³-hybridized carbons (Fsp3) is 0.643. The van der Waals surface area contributed by atoms with Crippen molar-refractivity contribution in [3.63, 3.8) is 0 Å². The van der Waals surface area contributed by atoms with Gasteiger partial charge in [0.25, 0.3) is 0 Å². The molecule has 1 spiro atoms. The van der Waals surface area contributed by atoms with Gasteiger partial charge < -0.3 is 19.3 Å². The van der Waals surface area contributed by atoms with E-state index in [2.05, 4.69) is 14.9 Å². The molecule has 0 radical (unpaired) electrons. The molecule has 0 N–H and O–H groups in total. The maximum atomic E-state index is 11.8. The van der Waals surface area contributed by atoms with Gasteiger partial charge in [-0.15, -0.1) is 0 Å². The largest absolute Gasteiger partial charge is 0.376 e. The van der Waals surface area contributed by atoms with E-state index in [-0.39, 0.29) is 12.5 Å². The van der Waals surface area contributed by atoms with Crippen LogP contribution in [-0.4, -0.2) is 72.4 Å². The van der Waals surface area contributed by atoms with Crippen LogP contribution >= 0.6 is 0 Å². The van der Waals surface area contributed by atoms with Crippen LogP contribution in [0, 0.1) is 0 Å². The topological polar surface area (TPSA) is 67.8 Å². The lowest BCUT2D eigenvalue weighted by molar-refractivity contribution is -0.169. The molecular formula is C14H20N4O3. The number of hydrogen-bond acceptors (Lipinski definition) is 6. The number of nitrogens with zero attached hydrogens (tertiary/aromatic N) is 4. The van der Waals surface area contributed by atoms with Gasteiger partial charge in [0.15, 0.2) is 0 Å². The number of anilines is 1.